The van der Waals surface area contributed by atoms with Gasteiger partial charge < -0.3 is 5.73 Å². The van der Waals surface area contributed by atoms with Gasteiger partial charge in [0, 0.05) is 16.8 Å². The van der Waals surface area contributed by atoms with Gasteiger partial charge in [-0.15, -0.1) is 0 Å². The molecule has 0 fully saturated rings. The van der Waals surface area contributed by atoms with E-state index in [2.05, 4.69) is 44.1 Å². The zero-order chi connectivity index (χ0) is 13.5. The molecule has 2 aromatic rings. The zero-order valence-corrected chi connectivity index (χ0v) is 11.8. The molecule has 0 radical (unpaired) electrons. The lowest BCUT2D eigenvalue weighted by Crippen LogP contribution is -2.29. The lowest BCUT2D eigenvalue weighted by Gasteiger charge is -2.18. The van der Waals surface area contributed by atoms with Crippen molar-refractivity contribution in [3.05, 3.63) is 46.8 Å². The Labute approximate surface area is 109 Å². The van der Waals surface area contributed by atoms with Crippen molar-refractivity contribution >= 4 is 0 Å². The molecule has 2 rings (SSSR count). The maximum Gasteiger partial charge on any atom is 0.0651 e. The van der Waals surface area contributed by atoms with E-state index in [1.165, 1.54) is 11.1 Å². The van der Waals surface area contributed by atoms with Gasteiger partial charge in [0.1, 0.15) is 0 Å². The summed E-state index contributed by atoms with van der Waals surface area (Å²) in [4.78, 5) is 0. The Morgan fingerprint density at radius 3 is 2.28 bits per heavy atom. The normalized spacial score (nSPS) is 11.9. The molecule has 0 amide bonds. The highest BCUT2D eigenvalue weighted by atomic mass is 15.3. The summed E-state index contributed by atoms with van der Waals surface area (Å²) >= 11 is 0. The number of aryl methyl sites for hydroxylation is 2. The summed E-state index contributed by atoms with van der Waals surface area (Å²) in [6.07, 6.45) is 1.87. The molecule has 0 aliphatic rings. The molecule has 0 aliphatic heterocycles. The van der Waals surface area contributed by atoms with Crippen LogP contribution in [0.2, 0.25) is 0 Å². The predicted octanol–water partition coefficient (Wildman–Crippen LogP) is 2.99. The van der Waals surface area contributed by atoms with Crippen LogP contribution in [0.15, 0.2) is 24.4 Å². The smallest absolute Gasteiger partial charge is 0.0651 e. The van der Waals surface area contributed by atoms with Gasteiger partial charge in [-0.3, -0.25) is 0 Å². The highest BCUT2D eigenvalue weighted by Crippen LogP contribution is 2.23. The fourth-order valence-electron chi connectivity index (χ4n) is 2.16. The maximum atomic E-state index is 6.15. The molecule has 0 aliphatic carbocycles. The number of nitrogens with two attached hydrogens (primary N) is 1. The maximum absolute atomic E-state index is 6.15. The molecule has 0 saturated carbocycles. The van der Waals surface area contributed by atoms with Crippen molar-refractivity contribution in [2.45, 2.75) is 40.2 Å². The van der Waals surface area contributed by atoms with Crippen molar-refractivity contribution in [3.63, 3.8) is 0 Å². The van der Waals surface area contributed by atoms with Gasteiger partial charge in [0.15, 0.2) is 0 Å². The number of benzene rings is 1. The third-order valence-electron chi connectivity index (χ3n) is 3.44. The first kappa shape index (κ1) is 12.8. The number of rotatable bonds is 2. The van der Waals surface area contributed by atoms with E-state index in [-0.39, 0.29) is 5.54 Å². The van der Waals surface area contributed by atoms with E-state index in [9.17, 15) is 0 Å². The van der Waals surface area contributed by atoms with Crippen LogP contribution in [0.5, 0.6) is 0 Å². The first-order chi connectivity index (χ1) is 8.30. The molecular weight excluding hydrogens is 222 g/mol. The van der Waals surface area contributed by atoms with E-state index in [0.29, 0.717) is 0 Å². The molecule has 18 heavy (non-hydrogen) atoms. The van der Waals surface area contributed by atoms with Crippen LogP contribution in [0.4, 0.5) is 0 Å². The number of hydrogen-bond acceptors (Lipinski definition) is 2. The average molecular weight is 243 g/mol. The Morgan fingerprint density at radius 1 is 1.11 bits per heavy atom. The first-order valence-electron chi connectivity index (χ1n) is 6.22. The van der Waals surface area contributed by atoms with Gasteiger partial charge >= 0.3 is 0 Å². The molecule has 0 saturated heterocycles. The van der Waals surface area contributed by atoms with E-state index in [1.54, 1.807) is 0 Å². The first-order valence-corrected chi connectivity index (χ1v) is 6.22. The average Bonchev–Trinajstić information content (AvgIpc) is 2.64. The Bertz CT molecular complexity index is 574. The van der Waals surface area contributed by atoms with Crippen LogP contribution in [-0.4, -0.2) is 9.78 Å². The van der Waals surface area contributed by atoms with Crippen molar-refractivity contribution in [2.24, 2.45) is 5.73 Å². The Kier molecular flexibility index (Phi) is 3.03. The minimum atomic E-state index is -0.359. The molecule has 3 heteroatoms. The van der Waals surface area contributed by atoms with E-state index in [4.69, 9.17) is 5.73 Å². The standard InChI is InChI=1S/C15H21N3/c1-10-6-7-13(8-11(10)2)18-12(3)14(9-17-18)15(4,5)16/h6-9H,16H2,1-5H3. The molecule has 0 spiro atoms. The predicted molar refractivity (Wildman–Crippen MR) is 75.0 cm³/mol. The Balaban J connectivity index is 2.52. The van der Waals surface area contributed by atoms with E-state index in [1.807, 2.05) is 24.7 Å². The second kappa shape index (κ2) is 4.25. The molecular formula is C15H21N3. The molecule has 0 bridgehead atoms. The van der Waals surface area contributed by atoms with E-state index in [0.717, 1.165) is 16.9 Å². The minimum Gasteiger partial charge on any atom is -0.322 e. The third-order valence-corrected chi connectivity index (χ3v) is 3.44. The SMILES string of the molecule is Cc1ccc(-n2ncc(C(C)(C)N)c2C)cc1C. The Morgan fingerprint density at radius 2 is 1.78 bits per heavy atom. The second-order valence-electron chi connectivity index (χ2n) is 5.55. The summed E-state index contributed by atoms with van der Waals surface area (Å²) in [5, 5.41) is 4.46. The molecule has 1 aromatic carbocycles. The third kappa shape index (κ3) is 2.18. The summed E-state index contributed by atoms with van der Waals surface area (Å²) < 4.78 is 1.95. The van der Waals surface area contributed by atoms with Crippen LogP contribution < -0.4 is 5.73 Å². The van der Waals surface area contributed by atoms with Crippen LogP contribution in [0.25, 0.3) is 5.69 Å². The molecule has 2 N–H and O–H groups in total. The van der Waals surface area contributed by atoms with E-state index < -0.39 is 0 Å². The summed E-state index contributed by atoms with van der Waals surface area (Å²) in [5.74, 6) is 0. The van der Waals surface area contributed by atoms with Crippen LogP contribution in [-0.2, 0) is 5.54 Å². The molecule has 1 aromatic heterocycles. The number of nitrogens with zero attached hydrogens (tertiary/aromatic N) is 2. The molecule has 0 unspecified atom stereocenters. The van der Waals surface area contributed by atoms with Gasteiger partial charge in [-0.2, -0.15) is 5.10 Å². The van der Waals surface area contributed by atoms with Gasteiger partial charge in [0.2, 0.25) is 0 Å². The van der Waals surface area contributed by atoms with Crippen molar-refractivity contribution in [2.75, 3.05) is 0 Å². The van der Waals surface area contributed by atoms with Gasteiger partial charge in [-0.05, 0) is 57.9 Å². The molecule has 96 valence electrons. The van der Waals surface area contributed by atoms with Gasteiger partial charge in [0.25, 0.3) is 0 Å². The summed E-state index contributed by atoms with van der Waals surface area (Å²) in [6.45, 7) is 10.3. The van der Waals surface area contributed by atoms with Crippen LogP contribution >= 0.6 is 0 Å². The van der Waals surface area contributed by atoms with E-state index >= 15 is 0 Å². The second-order valence-corrected chi connectivity index (χ2v) is 5.55. The lowest BCUT2D eigenvalue weighted by atomic mass is 9.96. The molecule has 3 nitrogen and oxygen atoms in total. The fraction of sp³-hybridized carbons (Fsp3) is 0.400. The van der Waals surface area contributed by atoms with Crippen molar-refractivity contribution < 1.29 is 0 Å². The van der Waals surface area contributed by atoms with Gasteiger partial charge in [0.05, 0.1) is 11.9 Å². The quantitative estimate of drug-likeness (QED) is 0.881. The highest BCUT2D eigenvalue weighted by molar-refractivity contribution is 5.41. The summed E-state index contributed by atoms with van der Waals surface area (Å²) in [6, 6.07) is 6.37. The molecule has 0 atom stereocenters. The summed E-state index contributed by atoms with van der Waals surface area (Å²) in [7, 11) is 0. The van der Waals surface area contributed by atoms with Gasteiger partial charge in [-0.25, -0.2) is 4.68 Å². The topological polar surface area (TPSA) is 43.8 Å². The fourth-order valence-corrected chi connectivity index (χ4v) is 2.16. The number of hydrogen-bond donors (Lipinski definition) is 1. The zero-order valence-electron chi connectivity index (χ0n) is 11.8. The number of aromatic nitrogens is 2. The Hall–Kier alpha value is -1.61. The van der Waals surface area contributed by atoms with Crippen molar-refractivity contribution in [3.8, 4) is 5.69 Å². The van der Waals surface area contributed by atoms with Crippen molar-refractivity contribution in [1.29, 1.82) is 0 Å². The monoisotopic (exact) mass is 243 g/mol. The lowest BCUT2D eigenvalue weighted by molar-refractivity contribution is 0.550. The summed E-state index contributed by atoms with van der Waals surface area (Å²) in [5.41, 5.74) is 11.6. The largest absolute Gasteiger partial charge is 0.322 e. The van der Waals surface area contributed by atoms with Crippen molar-refractivity contribution in [1.82, 2.24) is 9.78 Å². The highest BCUT2D eigenvalue weighted by Gasteiger charge is 2.20. The van der Waals surface area contributed by atoms with Gasteiger partial charge in [-0.1, -0.05) is 6.07 Å². The van der Waals surface area contributed by atoms with Crippen LogP contribution in [0.1, 0.15) is 36.2 Å². The minimum absolute atomic E-state index is 0.359. The van der Waals surface area contributed by atoms with Crippen LogP contribution in [0.3, 0.4) is 0 Å². The molecule has 1 heterocycles. The van der Waals surface area contributed by atoms with Crippen LogP contribution in [0, 0.1) is 20.8 Å².